The first-order chi connectivity index (χ1) is 8.68. The van der Waals surface area contributed by atoms with Crippen LogP contribution in [0.5, 0.6) is 0 Å². The quantitative estimate of drug-likeness (QED) is 0.814. The van der Waals surface area contributed by atoms with Crippen molar-refractivity contribution in [2.45, 2.75) is 71.4 Å². The fourth-order valence-corrected chi connectivity index (χ4v) is 3.96. The van der Waals surface area contributed by atoms with Crippen molar-refractivity contribution in [2.24, 2.45) is 5.92 Å². The molecule has 1 saturated carbocycles. The van der Waals surface area contributed by atoms with Crippen LogP contribution in [0.25, 0.3) is 0 Å². The third-order valence-electron chi connectivity index (χ3n) is 4.30. The van der Waals surface area contributed by atoms with Crippen LogP contribution in [-0.4, -0.2) is 11.0 Å². The van der Waals surface area contributed by atoms with Gasteiger partial charge in [-0.2, -0.15) is 0 Å². The molecule has 0 bridgehead atoms. The molecule has 2 nitrogen and oxygen atoms in total. The standard InChI is InChI=1S/C15H26N2S/c1-11(14-8-6-4-5-7-9-14)17-13(3)15-12(2)16-10-18-15/h10-11,13-14,17H,4-9H2,1-3H3/t11-,13?/m1/s1. The summed E-state index contributed by atoms with van der Waals surface area (Å²) < 4.78 is 0. The minimum atomic E-state index is 0.441. The monoisotopic (exact) mass is 266 g/mol. The van der Waals surface area contributed by atoms with Crippen LogP contribution in [0.2, 0.25) is 0 Å². The second kappa shape index (κ2) is 6.67. The van der Waals surface area contributed by atoms with Gasteiger partial charge in [-0.15, -0.1) is 11.3 Å². The van der Waals surface area contributed by atoms with Gasteiger partial charge in [-0.3, -0.25) is 0 Å². The van der Waals surface area contributed by atoms with Crippen LogP contribution >= 0.6 is 11.3 Å². The van der Waals surface area contributed by atoms with E-state index < -0.39 is 0 Å². The smallest absolute Gasteiger partial charge is 0.0798 e. The number of nitrogens with zero attached hydrogens (tertiary/aromatic N) is 1. The Morgan fingerprint density at radius 1 is 1.22 bits per heavy atom. The van der Waals surface area contributed by atoms with Crippen molar-refractivity contribution in [2.75, 3.05) is 0 Å². The Hall–Kier alpha value is -0.410. The van der Waals surface area contributed by atoms with Crippen molar-refractivity contribution >= 4 is 11.3 Å². The zero-order chi connectivity index (χ0) is 13.0. The molecule has 3 heteroatoms. The molecule has 2 atom stereocenters. The highest BCUT2D eigenvalue weighted by molar-refractivity contribution is 7.09. The molecule has 0 saturated heterocycles. The Morgan fingerprint density at radius 2 is 1.89 bits per heavy atom. The minimum Gasteiger partial charge on any atom is -0.307 e. The van der Waals surface area contributed by atoms with Crippen molar-refractivity contribution < 1.29 is 0 Å². The highest BCUT2D eigenvalue weighted by Gasteiger charge is 2.21. The molecular formula is C15H26N2S. The molecular weight excluding hydrogens is 240 g/mol. The normalized spacial score (nSPS) is 21.5. The van der Waals surface area contributed by atoms with Gasteiger partial charge in [0.2, 0.25) is 0 Å². The van der Waals surface area contributed by atoms with Gasteiger partial charge < -0.3 is 5.32 Å². The van der Waals surface area contributed by atoms with E-state index in [9.17, 15) is 0 Å². The Labute approximate surface area is 115 Å². The first-order valence-electron chi connectivity index (χ1n) is 7.34. The van der Waals surface area contributed by atoms with Crippen LogP contribution in [0.4, 0.5) is 0 Å². The Bertz CT molecular complexity index is 353. The molecule has 1 aromatic heterocycles. The predicted molar refractivity (Wildman–Crippen MR) is 79.1 cm³/mol. The molecule has 0 spiro atoms. The first-order valence-corrected chi connectivity index (χ1v) is 8.22. The topological polar surface area (TPSA) is 24.9 Å². The minimum absolute atomic E-state index is 0.441. The van der Waals surface area contributed by atoms with Crippen LogP contribution in [0, 0.1) is 12.8 Å². The fraction of sp³-hybridized carbons (Fsp3) is 0.800. The lowest BCUT2D eigenvalue weighted by molar-refractivity contribution is 0.317. The molecule has 0 aliphatic heterocycles. The van der Waals surface area contributed by atoms with E-state index in [1.807, 2.05) is 5.51 Å². The van der Waals surface area contributed by atoms with Crippen molar-refractivity contribution in [3.8, 4) is 0 Å². The van der Waals surface area contributed by atoms with E-state index in [0.29, 0.717) is 12.1 Å². The summed E-state index contributed by atoms with van der Waals surface area (Å²) in [6.07, 6.45) is 8.53. The summed E-state index contributed by atoms with van der Waals surface area (Å²) >= 11 is 1.78. The summed E-state index contributed by atoms with van der Waals surface area (Å²) in [6.45, 7) is 6.75. The van der Waals surface area contributed by atoms with E-state index >= 15 is 0 Å². The fourth-order valence-electron chi connectivity index (χ4n) is 3.14. The molecule has 18 heavy (non-hydrogen) atoms. The second-order valence-corrected chi connectivity index (χ2v) is 6.62. The van der Waals surface area contributed by atoms with Crippen LogP contribution in [0.15, 0.2) is 5.51 Å². The number of nitrogens with one attached hydrogen (secondary N) is 1. The molecule has 0 aromatic carbocycles. The zero-order valence-corrected chi connectivity index (χ0v) is 12.7. The van der Waals surface area contributed by atoms with Gasteiger partial charge in [0.05, 0.1) is 11.2 Å². The molecule has 2 rings (SSSR count). The number of hydrogen-bond donors (Lipinski definition) is 1. The molecule has 0 radical (unpaired) electrons. The molecule has 1 heterocycles. The number of aromatic nitrogens is 1. The maximum absolute atomic E-state index is 4.35. The molecule has 102 valence electrons. The van der Waals surface area contributed by atoms with Gasteiger partial charge in [-0.25, -0.2) is 4.98 Å². The van der Waals surface area contributed by atoms with Gasteiger partial charge >= 0.3 is 0 Å². The van der Waals surface area contributed by atoms with Crippen LogP contribution in [0.3, 0.4) is 0 Å². The average molecular weight is 266 g/mol. The Kier molecular flexibility index (Phi) is 5.19. The third-order valence-corrected chi connectivity index (χ3v) is 5.41. The lowest BCUT2D eigenvalue weighted by Gasteiger charge is -2.27. The van der Waals surface area contributed by atoms with E-state index in [-0.39, 0.29) is 0 Å². The van der Waals surface area contributed by atoms with Gasteiger partial charge in [0.15, 0.2) is 0 Å². The molecule has 1 fully saturated rings. The molecule has 1 aromatic rings. The van der Waals surface area contributed by atoms with Gasteiger partial charge in [0, 0.05) is 17.0 Å². The number of hydrogen-bond acceptors (Lipinski definition) is 3. The van der Waals surface area contributed by atoms with Gasteiger partial charge in [0.1, 0.15) is 0 Å². The van der Waals surface area contributed by atoms with Crippen molar-refractivity contribution in [1.82, 2.24) is 10.3 Å². The number of rotatable bonds is 4. The summed E-state index contributed by atoms with van der Waals surface area (Å²) in [7, 11) is 0. The van der Waals surface area contributed by atoms with Gasteiger partial charge in [-0.1, -0.05) is 25.7 Å². The average Bonchev–Trinajstić information content (AvgIpc) is 2.63. The number of aryl methyl sites for hydroxylation is 1. The van der Waals surface area contributed by atoms with Gasteiger partial charge in [0.25, 0.3) is 0 Å². The van der Waals surface area contributed by atoms with E-state index in [4.69, 9.17) is 0 Å². The predicted octanol–water partition coefficient (Wildman–Crippen LogP) is 4.46. The first kappa shape index (κ1) is 14.0. The van der Waals surface area contributed by atoms with Crippen molar-refractivity contribution in [1.29, 1.82) is 0 Å². The highest BCUT2D eigenvalue weighted by Crippen LogP contribution is 2.28. The summed E-state index contributed by atoms with van der Waals surface area (Å²) in [6, 6.07) is 1.07. The number of thiazole rings is 1. The Morgan fingerprint density at radius 3 is 2.44 bits per heavy atom. The van der Waals surface area contributed by atoms with Crippen molar-refractivity contribution in [3.05, 3.63) is 16.1 Å². The van der Waals surface area contributed by atoms with Crippen LogP contribution in [-0.2, 0) is 0 Å². The van der Waals surface area contributed by atoms with Gasteiger partial charge in [-0.05, 0) is 39.5 Å². The van der Waals surface area contributed by atoms with Crippen molar-refractivity contribution in [3.63, 3.8) is 0 Å². The SMILES string of the molecule is Cc1ncsc1C(C)N[C@H](C)C1CCCCCC1. The summed E-state index contributed by atoms with van der Waals surface area (Å²) in [5.74, 6) is 0.864. The third kappa shape index (κ3) is 3.55. The molecule has 1 unspecified atom stereocenters. The summed E-state index contributed by atoms with van der Waals surface area (Å²) in [4.78, 5) is 5.75. The van der Waals surface area contributed by atoms with Crippen LogP contribution < -0.4 is 5.32 Å². The van der Waals surface area contributed by atoms with E-state index in [1.165, 1.54) is 49.1 Å². The molecule has 1 aliphatic rings. The van der Waals surface area contributed by atoms with Crippen LogP contribution in [0.1, 0.15) is 69.0 Å². The van der Waals surface area contributed by atoms with E-state index in [1.54, 1.807) is 11.3 Å². The van der Waals surface area contributed by atoms with E-state index in [0.717, 1.165) is 5.92 Å². The lowest BCUT2D eigenvalue weighted by Crippen LogP contribution is -2.35. The maximum Gasteiger partial charge on any atom is 0.0798 e. The Balaban J connectivity index is 1.90. The lowest BCUT2D eigenvalue weighted by atomic mass is 9.92. The maximum atomic E-state index is 4.35. The highest BCUT2D eigenvalue weighted by atomic mass is 32.1. The van der Waals surface area contributed by atoms with E-state index in [2.05, 4.69) is 31.1 Å². The summed E-state index contributed by atoms with van der Waals surface area (Å²) in [5.41, 5.74) is 3.15. The molecule has 1 aliphatic carbocycles. The molecule has 1 N–H and O–H groups in total. The summed E-state index contributed by atoms with van der Waals surface area (Å²) in [5, 5.41) is 3.79. The largest absolute Gasteiger partial charge is 0.307 e. The second-order valence-electron chi connectivity index (χ2n) is 5.73. The molecule has 0 amide bonds. The zero-order valence-electron chi connectivity index (χ0n) is 11.9.